The van der Waals surface area contributed by atoms with Crippen LogP contribution < -0.4 is 15.1 Å². The summed E-state index contributed by atoms with van der Waals surface area (Å²) in [6.45, 7) is 4.53. The number of halogens is 1. The number of aromatic carboxylic acids is 1. The van der Waals surface area contributed by atoms with Crippen LogP contribution in [0.5, 0.6) is 11.5 Å². The van der Waals surface area contributed by atoms with Gasteiger partial charge in [0.15, 0.2) is 17.3 Å². The van der Waals surface area contributed by atoms with Crippen molar-refractivity contribution in [2.75, 3.05) is 44.7 Å². The number of hydrogen-bond acceptors (Lipinski definition) is 6. The van der Waals surface area contributed by atoms with Crippen LogP contribution in [0, 0.1) is 5.82 Å². The Morgan fingerprint density at radius 1 is 1.30 bits per heavy atom. The van der Waals surface area contributed by atoms with E-state index in [0.717, 1.165) is 13.1 Å². The molecule has 27 heavy (non-hydrogen) atoms. The van der Waals surface area contributed by atoms with Crippen molar-refractivity contribution in [1.29, 1.82) is 0 Å². The average Bonchev–Trinajstić information content (AvgIpc) is 2.63. The SMILES string of the molecule is CC1COc2c(N3CCN(C)CC3)c(F)c(O)c3c(=O)c(C(=O)O)cn1c23. The first kappa shape index (κ1) is 17.6. The van der Waals surface area contributed by atoms with E-state index in [2.05, 4.69) is 4.90 Å². The van der Waals surface area contributed by atoms with Crippen LogP contribution in [-0.2, 0) is 0 Å². The molecule has 1 fully saturated rings. The number of likely N-dealkylation sites (N-methyl/N-ethyl adjacent to an activating group) is 1. The summed E-state index contributed by atoms with van der Waals surface area (Å²) in [4.78, 5) is 28.0. The quantitative estimate of drug-likeness (QED) is 0.813. The number of aromatic hydroxyl groups is 1. The Hall–Kier alpha value is -2.81. The van der Waals surface area contributed by atoms with Gasteiger partial charge in [-0.15, -0.1) is 0 Å². The highest BCUT2D eigenvalue weighted by Gasteiger charge is 2.33. The molecule has 0 bridgehead atoms. The molecule has 4 rings (SSSR count). The molecular weight excluding hydrogens is 357 g/mol. The lowest BCUT2D eigenvalue weighted by Gasteiger charge is -2.37. The zero-order chi connectivity index (χ0) is 19.5. The van der Waals surface area contributed by atoms with Crippen molar-refractivity contribution < 1.29 is 24.1 Å². The summed E-state index contributed by atoms with van der Waals surface area (Å²) >= 11 is 0. The van der Waals surface area contributed by atoms with Gasteiger partial charge in [-0.3, -0.25) is 4.79 Å². The molecule has 2 aliphatic rings. The first-order chi connectivity index (χ1) is 12.8. The number of rotatable bonds is 2. The predicted molar refractivity (Wildman–Crippen MR) is 96.7 cm³/mol. The molecule has 1 aromatic carbocycles. The molecule has 2 aliphatic heterocycles. The maximum Gasteiger partial charge on any atom is 0.341 e. The lowest BCUT2D eigenvalue weighted by Crippen LogP contribution is -2.45. The number of pyridine rings is 1. The normalized spacial score (nSPS) is 20.0. The van der Waals surface area contributed by atoms with Crippen LogP contribution in [0.3, 0.4) is 0 Å². The minimum absolute atomic E-state index is 0.122. The number of carbonyl (C=O) groups is 1. The van der Waals surface area contributed by atoms with Crippen molar-refractivity contribution in [2.45, 2.75) is 13.0 Å². The van der Waals surface area contributed by atoms with E-state index in [9.17, 15) is 19.8 Å². The van der Waals surface area contributed by atoms with E-state index in [1.807, 2.05) is 7.05 Å². The van der Waals surface area contributed by atoms with Crippen molar-refractivity contribution in [1.82, 2.24) is 9.47 Å². The lowest BCUT2D eigenvalue weighted by atomic mass is 10.0. The Morgan fingerprint density at radius 3 is 2.59 bits per heavy atom. The van der Waals surface area contributed by atoms with Crippen molar-refractivity contribution in [3.63, 3.8) is 0 Å². The van der Waals surface area contributed by atoms with E-state index in [1.54, 1.807) is 16.4 Å². The molecule has 0 radical (unpaired) electrons. The molecule has 8 nitrogen and oxygen atoms in total. The number of ether oxygens (including phenoxy) is 1. The van der Waals surface area contributed by atoms with E-state index in [0.29, 0.717) is 13.1 Å². The third-order valence-corrected chi connectivity index (χ3v) is 5.31. The molecule has 1 saturated heterocycles. The Balaban J connectivity index is 2.07. The van der Waals surface area contributed by atoms with Gasteiger partial charge in [-0.05, 0) is 14.0 Å². The number of phenolic OH excluding ortho intramolecular Hbond substituents is 1. The van der Waals surface area contributed by atoms with E-state index in [1.165, 1.54) is 6.20 Å². The second-order valence-electron chi connectivity index (χ2n) is 7.10. The molecule has 2 N–H and O–H groups in total. The van der Waals surface area contributed by atoms with Crippen LogP contribution in [0.25, 0.3) is 10.9 Å². The monoisotopic (exact) mass is 377 g/mol. The summed E-state index contributed by atoms with van der Waals surface area (Å²) in [6.07, 6.45) is 1.24. The third kappa shape index (κ3) is 2.53. The number of piperazine rings is 1. The first-order valence-electron chi connectivity index (χ1n) is 8.74. The Labute approximate surface area is 154 Å². The number of benzene rings is 1. The Kier molecular flexibility index (Phi) is 3.99. The summed E-state index contributed by atoms with van der Waals surface area (Å²) in [7, 11) is 1.97. The van der Waals surface area contributed by atoms with E-state index in [4.69, 9.17) is 4.74 Å². The minimum atomic E-state index is -1.42. The van der Waals surface area contributed by atoms with Crippen molar-refractivity contribution in [3.05, 3.63) is 27.8 Å². The van der Waals surface area contributed by atoms with Crippen LogP contribution in [0.4, 0.5) is 10.1 Å². The molecule has 9 heteroatoms. The second kappa shape index (κ2) is 6.12. The molecule has 1 aromatic heterocycles. The van der Waals surface area contributed by atoms with Gasteiger partial charge in [-0.25, -0.2) is 9.18 Å². The van der Waals surface area contributed by atoms with Crippen LogP contribution in [0.15, 0.2) is 11.0 Å². The highest BCUT2D eigenvalue weighted by molar-refractivity contribution is 6.00. The number of anilines is 1. The van der Waals surface area contributed by atoms with Crippen LogP contribution in [-0.4, -0.2) is 65.5 Å². The van der Waals surface area contributed by atoms with Crippen LogP contribution >= 0.6 is 0 Å². The smallest absolute Gasteiger partial charge is 0.341 e. The van der Waals surface area contributed by atoms with Crippen molar-refractivity contribution >= 4 is 22.6 Å². The van der Waals surface area contributed by atoms with Gasteiger partial charge in [0.1, 0.15) is 23.4 Å². The molecule has 3 heterocycles. The maximum atomic E-state index is 15.1. The van der Waals surface area contributed by atoms with Crippen molar-refractivity contribution in [2.24, 2.45) is 0 Å². The molecular formula is C18H20FN3O5. The maximum absolute atomic E-state index is 15.1. The topological polar surface area (TPSA) is 95.2 Å². The van der Waals surface area contributed by atoms with Crippen LogP contribution in [0.2, 0.25) is 0 Å². The predicted octanol–water partition coefficient (Wildman–Crippen LogP) is 1.25. The van der Waals surface area contributed by atoms with E-state index >= 15 is 4.39 Å². The molecule has 1 atom stereocenters. The summed E-state index contributed by atoms with van der Waals surface area (Å²) in [5.74, 6) is -3.03. The van der Waals surface area contributed by atoms with Gasteiger partial charge in [0.05, 0.1) is 11.4 Å². The molecule has 144 valence electrons. The summed E-state index contributed by atoms with van der Waals surface area (Å²) in [5.41, 5.74) is -1.08. The Morgan fingerprint density at radius 2 is 1.96 bits per heavy atom. The molecule has 0 amide bonds. The van der Waals surface area contributed by atoms with Gasteiger partial charge in [0, 0.05) is 32.4 Å². The zero-order valence-electron chi connectivity index (χ0n) is 15.0. The number of nitrogens with zero attached hydrogens (tertiary/aromatic N) is 3. The van der Waals surface area contributed by atoms with E-state index in [-0.39, 0.29) is 35.0 Å². The van der Waals surface area contributed by atoms with Gasteiger partial charge >= 0.3 is 5.97 Å². The zero-order valence-corrected chi connectivity index (χ0v) is 15.0. The number of carboxylic acids is 1. The molecule has 0 spiro atoms. The highest BCUT2D eigenvalue weighted by Crippen LogP contribution is 2.46. The number of aromatic nitrogens is 1. The van der Waals surface area contributed by atoms with Crippen molar-refractivity contribution in [3.8, 4) is 11.5 Å². The summed E-state index contributed by atoms with van der Waals surface area (Å²) < 4.78 is 22.5. The standard InChI is InChI=1S/C18H20FN3O5/c1-9-8-27-17-13-11(15(23)10(18(25)26)7-22(9)13)16(24)12(19)14(17)21-5-3-20(2)4-6-21/h7,9,24H,3-6,8H2,1-2H3,(H,25,26). The molecule has 1 unspecified atom stereocenters. The van der Waals surface area contributed by atoms with Gasteiger partial charge in [-0.1, -0.05) is 0 Å². The lowest BCUT2D eigenvalue weighted by molar-refractivity contribution is 0.0694. The van der Waals surface area contributed by atoms with Crippen LogP contribution in [0.1, 0.15) is 23.3 Å². The average molecular weight is 377 g/mol. The molecule has 0 saturated carbocycles. The fourth-order valence-electron chi connectivity index (χ4n) is 3.75. The molecule has 2 aromatic rings. The number of phenols is 1. The summed E-state index contributed by atoms with van der Waals surface area (Å²) in [5, 5.41) is 19.5. The first-order valence-corrected chi connectivity index (χ1v) is 8.74. The van der Waals surface area contributed by atoms with E-state index < -0.39 is 28.5 Å². The minimum Gasteiger partial charge on any atom is -0.504 e. The third-order valence-electron chi connectivity index (χ3n) is 5.31. The number of hydrogen-bond donors (Lipinski definition) is 2. The van der Waals surface area contributed by atoms with Gasteiger partial charge in [-0.2, -0.15) is 0 Å². The van der Waals surface area contributed by atoms with Gasteiger partial charge < -0.3 is 29.3 Å². The largest absolute Gasteiger partial charge is 0.504 e. The summed E-state index contributed by atoms with van der Waals surface area (Å²) in [6, 6.07) is -0.274. The highest BCUT2D eigenvalue weighted by atomic mass is 19.1. The fourth-order valence-corrected chi connectivity index (χ4v) is 3.75. The Bertz CT molecular complexity index is 1010. The van der Waals surface area contributed by atoms with Gasteiger partial charge in [0.25, 0.3) is 0 Å². The molecule has 0 aliphatic carbocycles. The fraction of sp³-hybridized carbons (Fsp3) is 0.444. The number of carboxylic acid groups (broad SMARTS) is 1. The van der Waals surface area contributed by atoms with Gasteiger partial charge in [0.2, 0.25) is 5.43 Å². The second-order valence-corrected chi connectivity index (χ2v) is 7.10.